The Morgan fingerprint density at radius 1 is 0.181 bits per heavy atom. The van der Waals surface area contributed by atoms with Crippen molar-refractivity contribution >= 4 is 123 Å². The van der Waals surface area contributed by atoms with Crippen LogP contribution in [0.1, 0.15) is 0 Å². The normalized spacial score (nSPS) is 12.1. The molecule has 0 N–H and O–H groups in total. The zero-order valence-electron chi connectivity index (χ0n) is 45.6. The average molecular weight is 1090 g/mol. The Morgan fingerprint density at radius 3 is 0.904 bits per heavy atom. The molecule has 0 aliphatic carbocycles. The van der Waals surface area contributed by atoms with Gasteiger partial charge in [0.2, 0.25) is 0 Å². The maximum atomic E-state index is 2.58. The van der Waals surface area contributed by atoms with Crippen molar-refractivity contribution in [2.75, 3.05) is 0 Å². The fourth-order valence-electron chi connectivity index (χ4n) is 14.3. The van der Waals surface area contributed by atoms with Gasteiger partial charge in [-0.3, -0.25) is 0 Å². The van der Waals surface area contributed by atoms with Gasteiger partial charge < -0.3 is 13.7 Å². The van der Waals surface area contributed by atoms with E-state index in [1.54, 1.807) is 0 Å². The summed E-state index contributed by atoms with van der Waals surface area (Å²) < 4.78 is 7.67. The minimum Gasteiger partial charge on any atom is -0.307 e. The molecule has 0 bridgehead atoms. The number of benzene rings is 13. The van der Waals surface area contributed by atoms with Gasteiger partial charge in [-0.15, -0.1) is 0 Å². The number of rotatable bonds is 11. The second-order valence-corrected chi connectivity index (χ2v) is 29.5. The van der Waals surface area contributed by atoms with Crippen LogP contribution in [0.3, 0.4) is 0 Å². The predicted molar refractivity (Wildman–Crippen MR) is 357 cm³/mol. The van der Waals surface area contributed by atoms with Gasteiger partial charge in [-0.2, -0.15) is 0 Å². The number of fused-ring (bicyclic) bond motifs is 9. The van der Waals surface area contributed by atoms with Crippen LogP contribution in [-0.4, -0.2) is 29.8 Å². The molecule has 0 radical (unpaired) electrons. The molecule has 0 saturated carbocycles. The topological polar surface area (TPSA) is 14.8 Å². The molecule has 0 atom stereocenters. The van der Waals surface area contributed by atoms with E-state index in [9.17, 15) is 0 Å². The standard InChI is InChI=1S/C78H55N3Si2/c1-7-27-57(28-8-1)82(58-29-9-2-10-30-58,59-31-11-3-12-32-59)63-51-49-56(50-52-63)79-71-44-22-20-40-66(71)69-42-26-48-75(77(69)79)81-73-46-24-21-41-67(73)70-43-25-47-74(78(70)81)80-72-45-23-19-39-65(72)68-54-53-64(55-76(68)80)83(60-33-13-4-14-34-60,61-35-15-5-16-36-61)62-37-17-6-18-38-62/h1-55H. The third-order valence-corrected chi connectivity index (χ3v) is 27.3. The predicted octanol–water partition coefficient (Wildman–Crippen LogP) is 13.7. The van der Waals surface area contributed by atoms with E-state index in [4.69, 9.17) is 0 Å². The highest BCUT2D eigenvalue weighted by atomic mass is 28.3. The van der Waals surface area contributed by atoms with Gasteiger partial charge in [-0.25, -0.2) is 0 Å². The van der Waals surface area contributed by atoms with Gasteiger partial charge in [0.05, 0.1) is 44.5 Å². The Hall–Kier alpha value is -10.3. The van der Waals surface area contributed by atoms with Crippen LogP contribution < -0.4 is 41.5 Å². The SMILES string of the molecule is c1ccc([Si](c2ccccc2)(c2ccccc2)c2ccc(-n3c4ccccc4c4cccc(-n5c6ccccc6c6cccc(-n7c8ccccc8c8ccc([Si](c9ccccc9)(c9ccccc9)c9ccccc9)cc87)c65)c43)cc2)cc1. The third kappa shape index (κ3) is 7.35. The summed E-state index contributed by atoms with van der Waals surface area (Å²) in [6.07, 6.45) is 0. The Kier molecular flexibility index (Phi) is 11.6. The molecule has 390 valence electrons. The van der Waals surface area contributed by atoms with E-state index in [-0.39, 0.29) is 0 Å². The van der Waals surface area contributed by atoms with Crippen molar-refractivity contribution in [1.82, 2.24) is 13.7 Å². The summed E-state index contributed by atoms with van der Waals surface area (Å²) in [5.74, 6) is 0. The van der Waals surface area contributed by atoms with Crippen molar-refractivity contribution in [3.8, 4) is 17.1 Å². The second-order valence-electron chi connectivity index (χ2n) is 21.9. The maximum Gasteiger partial charge on any atom is 0.179 e. The van der Waals surface area contributed by atoms with Gasteiger partial charge >= 0.3 is 0 Å². The summed E-state index contributed by atoms with van der Waals surface area (Å²) in [6.45, 7) is 0. The highest BCUT2D eigenvalue weighted by molar-refractivity contribution is 7.20. The molecule has 13 aromatic carbocycles. The summed E-state index contributed by atoms with van der Waals surface area (Å²) in [5, 5.41) is 18.1. The monoisotopic (exact) mass is 1090 g/mol. The Bertz CT molecular complexity index is 4860. The molecule has 0 saturated heterocycles. The summed E-state index contributed by atoms with van der Waals surface area (Å²) in [6, 6.07) is 125. The Labute approximate surface area is 484 Å². The average Bonchev–Trinajstić information content (AvgIpc) is 2.48. The van der Waals surface area contributed by atoms with E-state index in [1.165, 1.54) is 90.4 Å². The number of nitrogens with zero attached hydrogens (tertiary/aromatic N) is 3. The largest absolute Gasteiger partial charge is 0.307 e. The number of hydrogen-bond donors (Lipinski definition) is 0. The molecule has 0 aliphatic heterocycles. The summed E-state index contributed by atoms with van der Waals surface area (Å²) in [5.41, 5.74) is 10.3. The van der Waals surface area contributed by atoms with Gasteiger partial charge in [0.15, 0.2) is 16.1 Å². The minimum absolute atomic E-state index is 1.11. The van der Waals surface area contributed by atoms with Crippen LogP contribution in [0.15, 0.2) is 334 Å². The molecule has 16 aromatic rings. The van der Waals surface area contributed by atoms with Crippen LogP contribution in [0.25, 0.3) is 82.5 Å². The van der Waals surface area contributed by atoms with E-state index in [0.29, 0.717) is 0 Å². The first kappa shape index (κ1) is 48.6. The number of para-hydroxylation sites is 5. The van der Waals surface area contributed by atoms with Gasteiger partial charge in [0, 0.05) is 38.0 Å². The lowest BCUT2D eigenvalue weighted by Crippen LogP contribution is -2.74. The summed E-state index contributed by atoms with van der Waals surface area (Å²) in [7, 11) is -5.69. The van der Waals surface area contributed by atoms with Crippen LogP contribution in [0, 0.1) is 0 Å². The molecule has 5 heteroatoms. The fourth-order valence-corrected chi connectivity index (χ4v) is 23.8. The third-order valence-electron chi connectivity index (χ3n) is 17.7. The van der Waals surface area contributed by atoms with Crippen molar-refractivity contribution in [2.45, 2.75) is 0 Å². The maximum absolute atomic E-state index is 2.90. The van der Waals surface area contributed by atoms with Crippen molar-refractivity contribution < 1.29 is 0 Å². The molecule has 0 aliphatic rings. The quantitative estimate of drug-likeness (QED) is 0.0906. The molecular formula is C78H55N3Si2. The van der Waals surface area contributed by atoms with Crippen molar-refractivity contribution in [1.29, 1.82) is 0 Å². The lowest BCUT2D eigenvalue weighted by molar-refractivity contribution is 1.11. The lowest BCUT2D eigenvalue weighted by Gasteiger charge is -2.34. The molecule has 16 rings (SSSR count). The second kappa shape index (κ2) is 19.7. The zero-order valence-corrected chi connectivity index (χ0v) is 47.6. The van der Waals surface area contributed by atoms with Crippen LogP contribution in [0.2, 0.25) is 0 Å². The van der Waals surface area contributed by atoms with Gasteiger partial charge in [0.25, 0.3) is 0 Å². The van der Waals surface area contributed by atoms with E-state index >= 15 is 0 Å². The summed E-state index contributed by atoms with van der Waals surface area (Å²) in [4.78, 5) is 0. The number of aromatic nitrogens is 3. The molecule has 0 fully saturated rings. The molecule has 0 unspecified atom stereocenters. The van der Waals surface area contributed by atoms with Crippen LogP contribution >= 0.6 is 0 Å². The fraction of sp³-hybridized carbons (Fsp3) is 0. The van der Waals surface area contributed by atoms with Crippen molar-refractivity contribution in [3.63, 3.8) is 0 Å². The van der Waals surface area contributed by atoms with Gasteiger partial charge in [-0.1, -0.05) is 285 Å². The molecule has 0 spiro atoms. The Morgan fingerprint density at radius 2 is 0.470 bits per heavy atom. The van der Waals surface area contributed by atoms with Crippen LogP contribution in [0.5, 0.6) is 0 Å². The van der Waals surface area contributed by atoms with Gasteiger partial charge in [-0.05, 0) is 90.0 Å². The molecule has 3 aromatic heterocycles. The number of hydrogen-bond acceptors (Lipinski definition) is 0. The molecular weight excluding hydrogens is 1040 g/mol. The molecule has 3 heterocycles. The Balaban J connectivity index is 0.969. The van der Waals surface area contributed by atoms with Gasteiger partial charge in [0.1, 0.15) is 0 Å². The van der Waals surface area contributed by atoms with Crippen LogP contribution in [0.4, 0.5) is 0 Å². The molecule has 83 heavy (non-hydrogen) atoms. The minimum atomic E-state index is -2.90. The lowest BCUT2D eigenvalue weighted by atomic mass is 10.1. The highest BCUT2D eigenvalue weighted by Gasteiger charge is 2.43. The van der Waals surface area contributed by atoms with E-state index in [2.05, 4.69) is 347 Å². The van der Waals surface area contributed by atoms with Crippen LogP contribution in [-0.2, 0) is 0 Å². The summed E-state index contributed by atoms with van der Waals surface area (Å²) >= 11 is 0. The van der Waals surface area contributed by atoms with E-state index in [0.717, 1.165) is 33.6 Å². The van der Waals surface area contributed by atoms with Crippen molar-refractivity contribution in [2.24, 2.45) is 0 Å². The molecule has 0 amide bonds. The smallest absolute Gasteiger partial charge is 0.179 e. The first-order chi connectivity index (χ1) is 41.2. The first-order valence-electron chi connectivity index (χ1n) is 28.8. The van der Waals surface area contributed by atoms with E-state index < -0.39 is 16.1 Å². The van der Waals surface area contributed by atoms with Crippen molar-refractivity contribution in [3.05, 3.63) is 334 Å². The highest BCUT2D eigenvalue weighted by Crippen LogP contribution is 2.43. The first-order valence-corrected chi connectivity index (χ1v) is 32.8. The molecule has 3 nitrogen and oxygen atoms in total. The zero-order chi connectivity index (χ0) is 54.9. The van der Waals surface area contributed by atoms with E-state index in [1.807, 2.05) is 0 Å².